The summed E-state index contributed by atoms with van der Waals surface area (Å²) >= 11 is 6.25. The van der Waals surface area contributed by atoms with Crippen LogP contribution in [0.3, 0.4) is 0 Å². The van der Waals surface area contributed by atoms with Crippen molar-refractivity contribution in [2.45, 2.75) is 44.2 Å². The summed E-state index contributed by atoms with van der Waals surface area (Å²) in [4.78, 5) is 16.4. The van der Waals surface area contributed by atoms with Gasteiger partial charge in [0, 0.05) is 47.5 Å². The van der Waals surface area contributed by atoms with E-state index in [2.05, 4.69) is 68.7 Å². The van der Waals surface area contributed by atoms with E-state index in [0.29, 0.717) is 12.1 Å². The van der Waals surface area contributed by atoms with Crippen LogP contribution in [0.1, 0.15) is 31.2 Å². The monoisotopic (exact) mass is 511 g/mol. The summed E-state index contributed by atoms with van der Waals surface area (Å²) in [6.07, 6.45) is 13.4. The molecule has 2 aliphatic carbocycles. The molecule has 0 amide bonds. The quantitative estimate of drug-likeness (QED) is 0.411. The number of para-hydroxylation sites is 1. The molecule has 0 spiro atoms. The smallest absolute Gasteiger partial charge is 0.227 e. The summed E-state index contributed by atoms with van der Waals surface area (Å²) in [6.45, 7) is 0. The highest BCUT2D eigenvalue weighted by atomic mass is 35.5. The third kappa shape index (κ3) is 5.04. The lowest BCUT2D eigenvalue weighted by atomic mass is 9.84. The van der Waals surface area contributed by atoms with Crippen molar-refractivity contribution < 1.29 is 4.74 Å². The first kappa shape index (κ1) is 23.9. The number of rotatable bonds is 5. The average Bonchev–Trinajstić information content (AvgIpc) is 2.94. The van der Waals surface area contributed by atoms with Gasteiger partial charge in [-0.1, -0.05) is 29.8 Å². The first-order valence-corrected chi connectivity index (χ1v) is 13.3. The van der Waals surface area contributed by atoms with E-state index < -0.39 is 0 Å². The number of fused-ring (bicyclic) bond motifs is 2. The van der Waals surface area contributed by atoms with Gasteiger partial charge >= 0.3 is 0 Å². The van der Waals surface area contributed by atoms with Crippen LogP contribution in [-0.4, -0.2) is 34.9 Å². The maximum Gasteiger partial charge on any atom is 0.227 e. The zero-order valence-corrected chi connectivity index (χ0v) is 21.6. The van der Waals surface area contributed by atoms with E-state index in [-0.39, 0.29) is 12.0 Å². The Morgan fingerprint density at radius 2 is 1.73 bits per heavy atom. The Kier molecular flexibility index (Phi) is 6.77. The second-order valence-corrected chi connectivity index (χ2v) is 10.2. The van der Waals surface area contributed by atoms with Crippen molar-refractivity contribution in [2.75, 3.05) is 17.3 Å². The molecule has 188 valence electrons. The molecule has 7 heteroatoms. The minimum absolute atomic E-state index is 0.181. The predicted octanol–water partition coefficient (Wildman–Crippen LogP) is 6.73. The van der Waals surface area contributed by atoms with Crippen molar-refractivity contribution in [1.82, 2.24) is 9.97 Å². The number of anilines is 3. The Morgan fingerprint density at radius 1 is 0.973 bits per heavy atom. The lowest BCUT2D eigenvalue weighted by molar-refractivity contribution is 0.0667. The molecule has 1 N–H and O–H groups in total. The molecule has 6 nitrogen and oxygen atoms in total. The Balaban J connectivity index is 1.43. The second-order valence-electron chi connectivity index (χ2n) is 9.78. The fraction of sp³-hybridized carbons (Fsp3) is 0.300. The van der Waals surface area contributed by atoms with Gasteiger partial charge in [-0.15, -0.1) is 0 Å². The Morgan fingerprint density at radius 3 is 2.49 bits per heavy atom. The molecular formula is C30H30ClN5O. The van der Waals surface area contributed by atoms with Crippen molar-refractivity contribution in [2.24, 2.45) is 10.9 Å². The number of aliphatic imine (C=N–C) groups is 1. The molecule has 2 heterocycles. The highest BCUT2D eigenvalue weighted by Crippen LogP contribution is 2.44. The molecule has 1 unspecified atom stereocenters. The third-order valence-electron chi connectivity index (χ3n) is 7.43. The maximum atomic E-state index is 6.25. The van der Waals surface area contributed by atoms with Gasteiger partial charge in [-0.3, -0.25) is 4.99 Å². The fourth-order valence-corrected chi connectivity index (χ4v) is 5.68. The normalized spacial score (nSPS) is 24.1. The van der Waals surface area contributed by atoms with Gasteiger partial charge in [-0.05, 0) is 86.2 Å². The number of benzene rings is 2. The lowest BCUT2D eigenvalue weighted by Gasteiger charge is -2.40. The van der Waals surface area contributed by atoms with Gasteiger partial charge in [0.1, 0.15) is 0 Å². The molecule has 1 saturated carbocycles. The summed E-state index contributed by atoms with van der Waals surface area (Å²) in [5.41, 5.74) is 6.71. The Labute approximate surface area is 222 Å². The number of aromatic nitrogens is 2. The molecule has 1 atom stereocenters. The highest BCUT2D eigenvalue weighted by Gasteiger charge is 2.33. The molecule has 1 aliphatic heterocycles. The number of methoxy groups -OCH3 is 1. The largest absolute Gasteiger partial charge is 0.381 e. The predicted molar refractivity (Wildman–Crippen MR) is 150 cm³/mol. The molecule has 0 radical (unpaired) electrons. The van der Waals surface area contributed by atoms with Crippen LogP contribution in [0, 0.1) is 5.92 Å². The van der Waals surface area contributed by atoms with Gasteiger partial charge in [-0.2, -0.15) is 0 Å². The maximum absolute atomic E-state index is 6.25. The molecule has 0 bridgehead atoms. The van der Waals surface area contributed by atoms with Gasteiger partial charge in [-0.25, -0.2) is 9.97 Å². The van der Waals surface area contributed by atoms with Gasteiger partial charge in [0.15, 0.2) is 0 Å². The number of hydrogen-bond donors (Lipinski definition) is 1. The summed E-state index contributed by atoms with van der Waals surface area (Å²) < 4.78 is 5.59. The van der Waals surface area contributed by atoms with Crippen molar-refractivity contribution in [3.05, 3.63) is 101 Å². The van der Waals surface area contributed by atoms with E-state index in [9.17, 15) is 0 Å². The Hall–Kier alpha value is -3.48. The van der Waals surface area contributed by atoms with E-state index in [0.717, 1.165) is 54.2 Å². The van der Waals surface area contributed by atoms with Crippen LogP contribution in [-0.2, 0) is 11.2 Å². The van der Waals surface area contributed by atoms with E-state index >= 15 is 0 Å². The minimum Gasteiger partial charge on any atom is -0.381 e. The van der Waals surface area contributed by atoms with Crippen LogP contribution < -0.4 is 10.2 Å². The number of hydrogen-bond acceptors (Lipinski definition) is 6. The van der Waals surface area contributed by atoms with Crippen LogP contribution in [0.15, 0.2) is 95.5 Å². The highest BCUT2D eigenvalue weighted by molar-refractivity contribution is 6.30. The molecular weight excluding hydrogens is 482 g/mol. The number of allylic oxidation sites excluding steroid dienone is 2. The molecule has 2 aromatic carbocycles. The second kappa shape index (κ2) is 10.5. The zero-order chi connectivity index (χ0) is 25.2. The third-order valence-corrected chi connectivity index (χ3v) is 7.69. The molecule has 0 saturated heterocycles. The van der Waals surface area contributed by atoms with Gasteiger partial charge in [0.05, 0.1) is 23.6 Å². The SMILES string of the molecule is COC1CCC(N=C2C=C3C(C=C2Nc2ncccn2)Cc2ccccc2N3c2ccc(Cl)cc2)CC1. The number of nitrogens with zero attached hydrogens (tertiary/aromatic N) is 4. The molecule has 6 rings (SSSR count). The summed E-state index contributed by atoms with van der Waals surface area (Å²) in [6, 6.07) is 18.8. The van der Waals surface area contributed by atoms with Gasteiger partial charge in [0.2, 0.25) is 5.95 Å². The van der Waals surface area contributed by atoms with Crippen LogP contribution in [0.5, 0.6) is 0 Å². The van der Waals surface area contributed by atoms with Crippen LogP contribution in [0.25, 0.3) is 0 Å². The van der Waals surface area contributed by atoms with E-state index in [1.165, 1.54) is 16.9 Å². The summed E-state index contributed by atoms with van der Waals surface area (Å²) in [5, 5.41) is 4.19. The van der Waals surface area contributed by atoms with Crippen molar-refractivity contribution in [1.29, 1.82) is 0 Å². The topological polar surface area (TPSA) is 62.6 Å². The molecule has 1 aromatic heterocycles. The molecule has 37 heavy (non-hydrogen) atoms. The molecule has 3 aliphatic rings. The van der Waals surface area contributed by atoms with Gasteiger partial charge in [0.25, 0.3) is 0 Å². The Bertz CT molecular complexity index is 1340. The van der Waals surface area contributed by atoms with E-state index in [4.69, 9.17) is 21.3 Å². The van der Waals surface area contributed by atoms with Crippen molar-refractivity contribution in [3.63, 3.8) is 0 Å². The van der Waals surface area contributed by atoms with Crippen molar-refractivity contribution >= 4 is 34.6 Å². The number of nitrogens with one attached hydrogen (secondary N) is 1. The first-order valence-electron chi connectivity index (χ1n) is 12.9. The minimum atomic E-state index is 0.181. The first-order chi connectivity index (χ1) is 18.2. The number of halogens is 1. The lowest BCUT2D eigenvalue weighted by Crippen LogP contribution is -2.34. The number of ether oxygens (including phenoxy) is 1. The standard InChI is InChI=1S/C30H30ClN5O/c1-37-25-13-9-23(10-14-25)34-27-19-29-21(18-26(27)35-30-32-15-4-16-33-30)17-20-5-2-3-6-28(20)36(29)24-11-7-22(31)8-12-24/h2-8,11-12,15-16,18-19,21,23,25H,9-10,13-14,17H2,1H3,(H,32,33,35). The van der Waals surface area contributed by atoms with E-state index in [1.54, 1.807) is 19.5 Å². The fourth-order valence-electron chi connectivity index (χ4n) is 5.55. The average molecular weight is 512 g/mol. The van der Waals surface area contributed by atoms with Gasteiger partial charge < -0.3 is 15.0 Å². The zero-order valence-electron chi connectivity index (χ0n) is 20.8. The molecule has 1 fully saturated rings. The van der Waals surface area contributed by atoms with E-state index in [1.807, 2.05) is 18.2 Å². The van der Waals surface area contributed by atoms with Crippen LogP contribution in [0.2, 0.25) is 5.02 Å². The summed E-state index contributed by atoms with van der Waals surface area (Å²) in [5.74, 6) is 0.757. The van der Waals surface area contributed by atoms with Crippen LogP contribution in [0.4, 0.5) is 17.3 Å². The molecule has 3 aromatic rings. The van der Waals surface area contributed by atoms with Crippen molar-refractivity contribution in [3.8, 4) is 0 Å². The van der Waals surface area contributed by atoms with Crippen LogP contribution >= 0.6 is 11.6 Å². The summed E-state index contributed by atoms with van der Waals surface area (Å²) in [7, 11) is 1.81.